The summed E-state index contributed by atoms with van der Waals surface area (Å²) in [6.45, 7) is 3.58. The number of carboxylic acid groups (broad SMARTS) is 1. The van der Waals surface area contributed by atoms with Crippen molar-refractivity contribution in [3.63, 3.8) is 0 Å². The zero-order valence-corrected chi connectivity index (χ0v) is 12.1. The smallest absolute Gasteiger partial charge is 0.329 e. The molecule has 1 amide bonds. The highest BCUT2D eigenvalue weighted by Crippen LogP contribution is 2.23. The van der Waals surface area contributed by atoms with Gasteiger partial charge in [-0.15, -0.1) is 11.3 Å². The first-order valence-corrected chi connectivity index (χ1v) is 7.22. The third-order valence-corrected chi connectivity index (χ3v) is 3.94. The van der Waals surface area contributed by atoms with E-state index >= 15 is 0 Å². The molecule has 110 valence electrons. The molecule has 2 heterocycles. The summed E-state index contributed by atoms with van der Waals surface area (Å²) in [5.74, 6) is -1.00. The number of nitrogens with one attached hydrogen (secondary N) is 1. The van der Waals surface area contributed by atoms with Crippen LogP contribution in [0.1, 0.15) is 11.8 Å². The molecule has 1 aliphatic rings. The average Bonchev–Trinajstić information content (AvgIpc) is 2.85. The summed E-state index contributed by atoms with van der Waals surface area (Å²) < 4.78 is 5.29. The molecule has 6 nitrogen and oxygen atoms in total. The van der Waals surface area contributed by atoms with Gasteiger partial charge in [0.1, 0.15) is 6.61 Å². The molecule has 7 heteroatoms. The predicted octanol–water partition coefficient (Wildman–Crippen LogP) is 0.540. The van der Waals surface area contributed by atoms with Gasteiger partial charge in [0.05, 0.1) is 18.7 Å². The fourth-order valence-corrected chi connectivity index (χ4v) is 2.84. The molecule has 0 atom stereocenters. The quantitative estimate of drug-likeness (QED) is 0.768. The summed E-state index contributed by atoms with van der Waals surface area (Å²) >= 11 is 1.61. The monoisotopic (exact) mass is 298 g/mol. The van der Waals surface area contributed by atoms with Crippen LogP contribution in [-0.4, -0.2) is 53.7 Å². The summed E-state index contributed by atoms with van der Waals surface area (Å²) in [7, 11) is 0. The largest absolute Gasteiger partial charge is 0.480 e. The molecule has 1 fully saturated rings. The van der Waals surface area contributed by atoms with Gasteiger partial charge in [0.2, 0.25) is 5.91 Å². The van der Waals surface area contributed by atoms with Crippen LogP contribution in [0.5, 0.6) is 0 Å². The Morgan fingerprint density at radius 3 is 2.90 bits per heavy atom. The first kappa shape index (κ1) is 15.0. The number of thiophene rings is 1. The molecule has 1 aromatic heterocycles. The van der Waals surface area contributed by atoms with Crippen LogP contribution in [0.4, 0.5) is 0 Å². The number of hydrogen-bond acceptors (Lipinski definition) is 5. The maximum Gasteiger partial charge on any atom is 0.329 e. The van der Waals surface area contributed by atoms with E-state index in [1.807, 2.05) is 29.3 Å². The number of hydrogen-bond donors (Lipinski definition) is 2. The lowest BCUT2D eigenvalue weighted by atomic mass is 9.96. The van der Waals surface area contributed by atoms with Gasteiger partial charge in [-0.05, 0) is 18.4 Å². The van der Waals surface area contributed by atoms with Crippen molar-refractivity contribution in [2.45, 2.75) is 19.1 Å². The first-order valence-electron chi connectivity index (χ1n) is 6.34. The van der Waals surface area contributed by atoms with E-state index in [0.29, 0.717) is 26.2 Å². The second-order valence-corrected chi connectivity index (χ2v) is 6.17. The molecule has 2 rings (SSSR count). The first-order chi connectivity index (χ1) is 9.47. The van der Waals surface area contributed by atoms with Crippen LogP contribution in [0, 0.1) is 0 Å². The van der Waals surface area contributed by atoms with E-state index in [2.05, 4.69) is 5.32 Å². The SMILES string of the molecule is CC1(OCC(=O)O)CN(CC(=O)NCc2cccs2)C1. The standard InChI is InChI=1S/C13H18N2O4S/c1-13(19-7-12(17)18)8-15(9-13)6-11(16)14-5-10-3-2-4-20-10/h2-4H,5-9H2,1H3,(H,14,16)(H,17,18). The highest BCUT2D eigenvalue weighted by atomic mass is 32.1. The van der Waals surface area contributed by atoms with Gasteiger partial charge in [-0.3, -0.25) is 9.69 Å². The average molecular weight is 298 g/mol. The zero-order valence-electron chi connectivity index (χ0n) is 11.3. The van der Waals surface area contributed by atoms with Gasteiger partial charge in [0, 0.05) is 18.0 Å². The van der Waals surface area contributed by atoms with Crippen LogP contribution in [0.15, 0.2) is 17.5 Å². The molecular weight excluding hydrogens is 280 g/mol. The Balaban J connectivity index is 1.63. The summed E-state index contributed by atoms with van der Waals surface area (Å²) in [6, 6.07) is 3.93. The van der Waals surface area contributed by atoms with E-state index in [9.17, 15) is 9.59 Å². The van der Waals surface area contributed by atoms with Crippen LogP contribution in [0.3, 0.4) is 0 Å². The van der Waals surface area contributed by atoms with Crippen molar-refractivity contribution in [1.82, 2.24) is 10.2 Å². The molecule has 0 bridgehead atoms. The normalized spacial score (nSPS) is 17.4. The molecule has 0 aliphatic carbocycles. The van der Waals surface area contributed by atoms with Gasteiger partial charge in [-0.2, -0.15) is 0 Å². The predicted molar refractivity (Wildman–Crippen MR) is 74.6 cm³/mol. The van der Waals surface area contributed by atoms with Gasteiger partial charge < -0.3 is 15.2 Å². The van der Waals surface area contributed by atoms with Crippen molar-refractivity contribution in [2.75, 3.05) is 26.2 Å². The minimum absolute atomic E-state index is 0.0290. The fourth-order valence-electron chi connectivity index (χ4n) is 2.20. The topological polar surface area (TPSA) is 78.9 Å². The number of carboxylic acids is 1. The minimum atomic E-state index is -0.974. The molecule has 0 spiro atoms. The Hall–Kier alpha value is -1.44. The van der Waals surface area contributed by atoms with E-state index < -0.39 is 11.6 Å². The number of likely N-dealkylation sites (tertiary alicyclic amines) is 1. The van der Waals surface area contributed by atoms with Gasteiger partial charge in [0.25, 0.3) is 0 Å². The summed E-state index contributed by atoms with van der Waals surface area (Å²) in [5, 5.41) is 13.4. The number of ether oxygens (including phenoxy) is 1. The Bertz CT molecular complexity index is 469. The Kier molecular flexibility index (Phi) is 4.74. The van der Waals surface area contributed by atoms with Crippen molar-refractivity contribution in [1.29, 1.82) is 0 Å². The van der Waals surface area contributed by atoms with E-state index in [0.717, 1.165) is 4.88 Å². The Morgan fingerprint density at radius 2 is 2.30 bits per heavy atom. The lowest BCUT2D eigenvalue weighted by Crippen LogP contribution is -2.63. The summed E-state index contributed by atoms with van der Waals surface area (Å²) in [6.07, 6.45) is 0. The second-order valence-electron chi connectivity index (χ2n) is 5.13. The highest BCUT2D eigenvalue weighted by molar-refractivity contribution is 7.09. The molecule has 1 aliphatic heterocycles. The van der Waals surface area contributed by atoms with E-state index in [1.165, 1.54) is 0 Å². The summed E-state index contributed by atoms with van der Waals surface area (Å²) in [4.78, 5) is 25.2. The maximum atomic E-state index is 11.7. The molecule has 1 saturated heterocycles. The summed E-state index contributed by atoms with van der Waals surface area (Å²) in [5.41, 5.74) is -0.452. The van der Waals surface area contributed by atoms with Crippen LogP contribution in [0.25, 0.3) is 0 Å². The molecule has 0 saturated carbocycles. The van der Waals surface area contributed by atoms with Crippen molar-refractivity contribution in [2.24, 2.45) is 0 Å². The van der Waals surface area contributed by atoms with Gasteiger partial charge in [-0.1, -0.05) is 6.07 Å². The molecule has 0 radical (unpaired) electrons. The van der Waals surface area contributed by atoms with E-state index in [1.54, 1.807) is 11.3 Å². The molecule has 0 aromatic carbocycles. The minimum Gasteiger partial charge on any atom is -0.480 e. The van der Waals surface area contributed by atoms with Gasteiger partial charge >= 0.3 is 5.97 Å². The number of rotatable bonds is 7. The van der Waals surface area contributed by atoms with E-state index in [-0.39, 0.29) is 12.5 Å². The lowest BCUT2D eigenvalue weighted by molar-refractivity contribution is -0.166. The molecule has 1 aromatic rings. The number of nitrogens with zero attached hydrogens (tertiary/aromatic N) is 1. The Labute approximate surface area is 121 Å². The zero-order chi connectivity index (χ0) is 14.6. The maximum absolute atomic E-state index is 11.7. The number of carbonyl (C=O) groups is 2. The van der Waals surface area contributed by atoms with Crippen LogP contribution >= 0.6 is 11.3 Å². The molecule has 2 N–H and O–H groups in total. The Morgan fingerprint density at radius 1 is 1.55 bits per heavy atom. The number of aliphatic carboxylic acids is 1. The van der Waals surface area contributed by atoms with Crippen molar-refractivity contribution < 1.29 is 19.4 Å². The van der Waals surface area contributed by atoms with Crippen LogP contribution in [0.2, 0.25) is 0 Å². The lowest BCUT2D eigenvalue weighted by Gasteiger charge is -2.46. The third-order valence-electron chi connectivity index (χ3n) is 3.07. The third kappa shape index (κ3) is 4.29. The molecule has 20 heavy (non-hydrogen) atoms. The molecule has 0 unspecified atom stereocenters. The molecular formula is C13H18N2O4S. The van der Waals surface area contributed by atoms with Crippen LogP contribution in [-0.2, 0) is 20.9 Å². The van der Waals surface area contributed by atoms with E-state index in [4.69, 9.17) is 9.84 Å². The number of carbonyl (C=O) groups excluding carboxylic acids is 1. The second kappa shape index (κ2) is 6.34. The van der Waals surface area contributed by atoms with Crippen molar-refractivity contribution in [3.05, 3.63) is 22.4 Å². The number of amides is 1. The van der Waals surface area contributed by atoms with Crippen LogP contribution < -0.4 is 5.32 Å². The fraction of sp³-hybridized carbons (Fsp3) is 0.538. The van der Waals surface area contributed by atoms with Gasteiger partial charge in [-0.25, -0.2) is 4.79 Å². The van der Waals surface area contributed by atoms with Gasteiger partial charge in [0.15, 0.2) is 0 Å². The van der Waals surface area contributed by atoms with Crippen molar-refractivity contribution >= 4 is 23.2 Å². The highest BCUT2D eigenvalue weighted by Gasteiger charge is 2.40. The van der Waals surface area contributed by atoms with Crippen molar-refractivity contribution in [3.8, 4) is 0 Å².